The van der Waals surface area contributed by atoms with Gasteiger partial charge in [0.2, 0.25) is 0 Å². The van der Waals surface area contributed by atoms with Gasteiger partial charge in [-0.05, 0) is 40.5 Å². The SMILES string of the molecule is CC(Nc1cc(Br)c(F)cc1F)c1ccccc1Cl. The van der Waals surface area contributed by atoms with Crippen molar-refractivity contribution in [3.8, 4) is 0 Å². The molecule has 2 aromatic rings. The monoisotopic (exact) mass is 345 g/mol. The van der Waals surface area contributed by atoms with Crippen molar-refractivity contribution in [2.45, 2.75) is 13.0 Å². The molecular formula is C14H11BrClF2N. The molecule has 0 aliphatic rings. The Hall–Kier alpha value is -1.13. The van der Waals surface area contributed by atoms with Gasteiger partial charge in [0.1, 0.15) is 11.6 Å². The molecule has 1 nitrogen and oxygen atoms in total. The molecule has 0 radical (unpaired) electrons. The van der Waals surface area contributed by atoms with Crippen molar-refractivity contribution < 1.29 is 8.78 Å². The molecule has 0 saturated heterocycles. The van der Waals surface area contributed by atoms with Gasteiger partial charge >= 0.3 is 0 Å². The normalized spacial score (nSPS) is 12.3. The molecule has 0 bridgehead atoms. The molecule has 2 aromatic carbocycles. The summed E-state index contributed by atoms with van der Waals surface area (Å²) in [6.45, 7) is 1.86. The molecular weight excluding hydrogens is 336 g/mol. The lowest BCUT2D eigenvalue weighted by Gasteiger charge is -2.17. The van der Waals surface area contributed by atoms with E-state index in [2.05, 4.69) is 21.2 Å². The van der Waals surface area contributed by atoms with E-state index in [1.54, 1.807) is 6.07 Å². The molecule has 0 fully saturated rings. The van der Waals surface area contributed by atoms with E-state index in [-0.39, 0.29) is 16.2 Å². The minimum absolute atomic E-state index is 0.194. The first-order chi connectivity index (χ1) is 8.99. The third-order valence-electron chi connectivity index (χ3n) is 2.75. The van der Waals surface area contributed by atoms with E-state index < -0.39 is 11.6 Å². The zero-order valence-corrected chi connectivity index (χ0v) is 12.4. The fourth-order valence-corrected chi connectivity index (χ4v) is 2.41. The van der Waals surface area contributed by atoms with Gasteiger partial charge < -0.3 is 5.32 Å². The highest BCUT2D eigenvalue weighted by Crippen LogP contribution is 2.29. The molecule has 100 valence electrons. The molecule has 0 spiro atoms. The minimum Gasteiger partial charge on any atom is -0.376 e. The molecule has 0 saturated carbocycles. The first-order valence-electron chi connectivity index (χ1n) is 5.64. The Kier molecular flexibility index (Phi) is 4.42. The van der Waals surface area contributed by atoms with Crippen LogP contribution in [0.15, 0.2) is 40.9 Å². The molecule has 0 aliphatic carbocycles. The number of hydrogen-bond acceptors (Lipinski definition) is 1. The number of rotatable bonds is 3. The Morgan fingerprint density at radius 1 is 1.16 bits per heavy atom. The molecule has 0 aliphatic heterocycles. The molecule has 0 heterocycles. The average molecular weight is 347 g/mol. The van der Waals surface area contributed by atoms with Crippen LogP contribution in [0.3, 0.4) is 0 Å². The van der Waals surface area contributed by atoms with E-state index in [9.17, 15) is 8.78 Å². The molecule has 5 heteroatoms. The van der Waals surface area contributed by atoms with E-state index in [0.717, 1.165) is 11.6 Å². The second kappa shape index (κ2) is 5.88. The standard InChI is InChI=1S/C14H11BrClF2N/c1-8(9-4-2-3-5-11(9)16)19-14-6-10(15)12(17)7-13(14)18/h2-8,19H,1H3. The van der Waals surface area contributed by atoms with Gasteiger partial charge in [0.15, 0.2) is 0 Å². The summed E-state index contributed by atoms with van der Waals surface area (Å²) in [7, 11) is 0. The molecule has 0 aromatic heterocycles. The van der Waals surface area contributed by atoms with Gasteiger partial charge in [-0.2, -0.15) is 0 Å². The topological polar surface area (TPSA) is 12.0 Å². The van der Waals surface area contributed by atoms with Crippen LogP contribution < -0.4 is 5.32 Å². The van der Waals surface area contributed by atoms with E-state index >= 15 is 0 Å². The zero-order chi connectivity index (χ0) is 14.0. The van der Waals surface area contributed by atoms with Crippen LogP contribution in [0.1, 0.15) is 18.5 Å². The third-order valence-corrected chi connectivity index (χ3v) is 3.71. The summed E-state index contributed by atoms with van der Waals surface area (Å²) in [5.41, 5.74) is 1.07. The smallest absolute Gasteiger partial charge is 0.149 e. The van der Waals surface area contributed by atoms with Gasteiger partial charge in [-0.3, -0.25) is 0 Å². The van der Waals surface area contributed by atoms with Gasteiger partial charge in [0.25, 0.3) is 0 Å². The molecule has 0 amide bonds. The van der Waals surface area contributed by atoms with E-state index in [1.165, 1.54) is 6.07 Å². The average Bonchev–Trinajstić information content (AvgIpc) is 2.36. The highest BCUT2D eigenvalue weighted by Gasteiger charge is 2.13. The highest BCUT2D eigenvalue weighted by molar-refractivity contribution is 9.10. The molecule has 19 heavy (non-hydrogen) atoms. The van der Waals surface area contributed by atoms with E-state index in [0.29, 0.717) is 5.02 Å². The number of benzene rings is 2. The summed E-state index contributed by atoms with van der Waals surface area (Å²) in [5.74, 6) is -1.27. The van der Waals surface area contributed by atoms with Crippen LogP contribution in [-0.2, 0) is 0 Å². The minimum atomic E-state index is -0.639. The molecule has 1 atom stereocenters. The van der Waals surface area contributed by atoms with Gasteiger partial charge in [-0.15, -0.1) is 0 Å². The lowest BCUT2D eigenvalue weighted by Crippen LogP contribution is -2.08. The largest absolute Gasteiger partial charge is 0.376 e. The number of nitrogens with one attached hydrogen (secondary N) is 1. The Balaban J connectivity index is 2.27. The van der Waals surface area contributed by atoms with Crippen LogP contribution in [0, 0.1) is 11.6 Å². The fraction of sp³-hybridized carbons (Fsp3) is 0.143. The van der Waals surface area contributed by atoms with Gasteiger partial charge in [0.05, 0.1) is 16.2 Å². The number of halogens is 4. The van der Waals surface area contributed by atoms with E-state index in [1.807, 2.05) is 25.1 Å². The maximum absolute atomic E-state index is 13.7. The maximum atomic E-state index is 13.7. The quantitative estimate of drug-likeness (QED) is 0.718. The van der Waals surface area contributed by atoms with Crippen molar-refractivity contribution in [2.75, 3.05) is 5.32 Å². The lowest BCUT2D eigenvalue weighted by molar-refractivity contribution is 0.579. The van der Waals surface area contributed by atoms with Crippen molar-refractivity contribution in [1.29, 1.82) is 0 Å². The second-order valence-electron chi connectivity index (χ2n) is 4.13. The van der Waals surface area contributed by atoms with Crippen LogP contribution >= 0.6 is 27.5 Å². The first-order valence-corrected chi connectivity index (χ1v) is 6.81. The second-order valence-corrected chi connectivity index (χ2v) is 5.40. The van der Waals surface area contributed by atoms with Gasteiger partial charge in [-0.1, -0.05) is 29.8 Å². The molecule has 1 N–H and O–H groups in total. The Morgan fingerprint density at radius 2 is 1.84 bits per heavy atom. The zero-order valence-electron chi connectivity index (χ0n) is 10.1. The summed E-state index contributed by atoms with van der Waals surface area (Å²) in [6, 6.07) is 9.33. The van der Waals surface area contributed by atoms with Crippen LogP contribution in [-0.4, -0.2) is 0 Å². The Bertz CT molecular complexity index is 604. The molecule has 1 unspecified atom stereocenters. The maximum Gasteiger partial charge on any atom is 0.149 e. The van der Waals surface area contributed by atoms with E-state index in [4.69, 9.17) is 11.6 Å². The highest BCUT2D eigenvalue weighted by atomic mass is 79.9. The van der Waals surface area contributed by atoms with Crippen molar-refractivity contribution >= 4 is 33.2 Å². The number of hydrogen-bond donors (Lipinski definition) is 1. The summed E-state index contributed by atoms with van der Waals surface area (Å²) < 4.78 is 27.0. The summed E-state index contributed by atoms with van der Waals surface area (Å²) in [6.07, 6.45) is 0. The van der Waals surface area contributed by atoms with Crippen molar-refractivity contribution in [3.63, 3.8) is 0 Å². The van der Waals surface area contributed by atoms with Gasteiger partial charge in [-0.25, -0.2) is 8.78 Å². The summed E-state index contributed by atoms with van der Waals surface area (Å²) in [5, 5.41) is 3.58. The van der Waals surface area contributed by atoms with Gasteiger partial charge in [0, 0.05) is 11.1 Å². The van der Waals surface area contributed by atoms with Crippen molar-refractivity contribution in [1.82, 2.24) is 0 Å². The van der Waals surface area contributed by atoms with Crippen molar-refractivity contribution in [3.05, 3.63) is 63.1 Å². The Labute approximate surface area is 123 Å². The summed E-state index contributed by atoms with van der Waals surface area (Å²) >= 11 is 9.11. The predicted octanol–water partition coefficient (Wildman–Crippen LogP) is 5.55. The van der Waals surface area contributed by atoms with Crippen LogP contribution in [0.2, 0.25) is 5.02 Å². The first kappa shape index (κ1) is 14.3. The molecule has 2 rings (SSSR count). The third kappa shape index (κ3) is 3.25. The van der Waals surface area contributed by atoms with Crippen molar-refractivity contribution in [2.24, 2.45) is 0 Å². The number of anilines is 1. The summed E-state index contributed by atoms with van der Waals surface area (Å²) in [4.78, 5) is 0. The van der Waals surface area contributed by atoms with Crippen LogP contribution in [0.4, 0.5) is 14.5 Å². The van der Waals surface area contributed by atoms with Crippen LogP contribution in [0.25, 0.3) is 0 Å². The predicted molar refractivity (Wildman–Crippen MR) is 77.5 cm³/mol. The Morgan fingerprint density at radius 3 is 2.53 bits per heavy atom. The van der Waals surface area contributed by atoms with Crippen LogP contribution in [0.5, 0.6) is 0 Å². The fourth-order valence-electron chi connectivity index (χ4n) is 1.77. The lowest BCUT2D eigenvalue weighted by atomic mass is 10.1.